The van der Waals surface area contributed by atoms with Crippen LogP contribution in [0.15, 0.2) is 57.0 Å². The zero-order valence-corrected chi connectivity index (χ0v) is 16.4. The molecule has 2 atom stereocenters. The lowest BCUT2D eigenvalue weighted by Crippen LogP contribution is -2.31. The van der Waals surface area contributed by atoms with Gasteiger partial charge in [0.1, 0.15) is 6.10 Å². The van der Waals surface area contributed by atoms with Crippen LogP contribution in [0.3, 0.4) is 0 Å². The van der Waals surface area contributed by atoms with E-state index in [2.05, 4.69) is 0 Å². The summed E-state index contributed by atoms with van der Waals surface area (Å²) in [5.41, 5.74) is 3.85. The van der Waals surface area contributed by atoms with E-state index in [1.807, 2.05) is 51.1 Å². The Hall–Kier alpha value is -1.20. The zero-order valence-electron chi connectivity index (χ0n) is 14.9. The molecule has 0 radical (unpaired) electrons. The number of hydrogen-bond acceptors (Lipinski definition) is 4. The highest BCUT2D eigenvalue weighted by Crippen LogP contribution is 2.40. The quantitative estimate of drug-likeness (QED) is 0.720. The molecular formula is C19H23Cl2NO3. The van der Waals surface area contributed by atoms with Gasteiger partial charge in [0.15, 0.2) is 6.79 Å². The molecule has 3 rings (SSSR count). The molecule has 2 unspecified atom stereocenters. The van der Waals surface area contributed by atoms with Crippen molar-refractivity contribution in [3.05, 3.63) is 57.0 Å². The normalized spacial score (nSPS) is 26.4. The predicted molar refractivity (Wildman–Crippen MR) is 100 cm³/mol. The Balaban J connectivity index is 2.14. The summed E-state index contributed by atoms with van der Waals surface area (Å²) in [5.74, 6) is 0. The Morgan fingerprint density at radius 3 is 2.68 bits per heavy atom. The molecule has 0 aromatic carbocycles. The number of halogens is 2. The van der Waals surface area contributed by atoms with Gasteiger partial charge in [-0.25, -0.2) is 0 Å². The minimum atomic E-state index is -0.248. The highest BCUT2D eigenvalue weighted by molar-refractivity contribution is 6.32. The highest BCUT2D eigenvalue weighted by Gasteiger charge is 2.33. The van der Waals surface area contributed by atoms with Gasteiger partial charge in [-0.2, -0.15) is 0 Å². The van der Waals surface area contributed by atoms with Crippen molar-refractivity contribution in [1.82, 2.24) is 4.90 Å². The fourth-order valence-corrected chi connectivity index (χ4v) is 3.85. The Morgan fingerprint density at radius 1 is 1.24 bits per heavy atom. The van der Waals surface area contributed by atoms with Crippen LogP contribution in [-0.2, 0) is 14.2 Å². The van der Waals surface area contributed by atoms with Crippen LogP contribution < -0.4 is 0 Å². The molecule has 0 aromatic heterocycles. The Morgan fingerprint density at radius 2 is 2.00 bits per heavy atom. The van der Waals surface area contributed by atoms with Crippen molar-refractivity contribution < 1.29 is 14.2 Å². The number of rotatable bonds is 3. The summed E-state index contributed by atoms with van der Waals surface area (Å²) >= 11 is 12.9. The molecule has 136 valence electrons. The second kappa shape index (κ2) is 7.58. The van der Waals surface area contributed by atoms with Gasteiger partial charge in [-0.3, -0.25) is 0 Å². The summed E-state index contributed by atoms with van der Waals surface area (Å²) in [6.07, 6.45) is 7.89. The summed E-state index contributed by atoms with van der Waals surface area (Å²) in [4.78, 5) is 1.97. The lowest BCUT2D eigenvalue weighted by Gasteiger charge is -2.34. The van der Waals surface area contributed by atoms with Crippen molar-refractivity contribution in [1.29, 1.82) is 0 Å². The fraction of sp³-hybridized carbons (Fsp3) is 0.474. The molecule has 1 heterocycles. The molecule has 0 spiro atoms. The first-order valence-electron chi connectivity index (χ1n) is 8.33. The molecule has 0 saturated heterocycles. The summed E-state index contributed by atoms with van der Waals surface area (Å²) < 4.78 is 17.6. The lowest BCUT2D eigenvalue weighted by molar-refractivity contribution is -0.0314. The number of fused-ring (bicyclic) bond motifs is 2. The summed E-state index contributed by atoms with van der Waals surface area (Å²) in [7, 11) is 3.91. The second-order valence-electron chi connectivity index (χ2n) is 6.72. The van der Waals surface area contributed by atoms with E-state index in [9.17, 15) is 0 Å². The average molecular weight is 384 g/mol. The lowest BCUT2D eigenvalue weighted by atomic mass is 9.85. The topological polar surface area (TPSA) is 30.9 Å². The van der Waals surface area contributed by atoms with E-state index in [-0.39, 0.29) is 25.1 Å². The zero-order chi connectivity index (χ0) is 18.1. The molecule has 0 bridgehead atoms. The van der Waals surface area contributed by atoms with Gasteiger partial charge >= 0.3 is 0 Å². The number of ether oxygens (including phenoxy) is 3. The van der Waals surface area contributed by atoms with Crippen LogP contribution in [0.5, 0.6) is 0 Å². The molecule has 0 aromatic rings. The van der Waals surface area contributed by atoms with Crippen LogP contribution in [-0.4, -0.2) is 44.1 Å². The van der Waals surface area contributed by atoms with Gasteiger partial charge in [0.25, 0.3) is 0 Å². The fourth-order valence-electron chi connectivity index (χ4n) is 3.24. The first kappa shape index (κ1) is 18.6. The molecule has 2 aliphatic carbocycles. The van der Waals surface area contributed by atoms with Crippen LogP contribution in [0, 0.1) is 0 Å². The maximum absolute atomic E-state index is 6.53. The first-order valence-corrected chi connectivity index (χ1v) is 9.08. The molecule has 25 heavy (non-hydrogen) atoms. The number of allylic oxidation sites excluding steroid dienone is 2. The molecule has 0 N–H and O–H groups in total. The summed E-state index contributed by atoms with van der Waals surface area (Å²) in [6.45, 7) is 4.19. The predicted octanol–water partition coefficient (Wildman–Crippen LogP) is 4.44. The molecule has 0 saturated carbocycles. The van der Waals surface area contributed by atoms with Crippen molar-refractivity contribution in [2.24, 2.45) is 0 Å². The monoisotopic (exact) mass is 383 g/mol. The van der Waals surface area contributed by atoms with Crippen LogP contribution in [0.2, 0.25) is 0 Å². The first-order chi connectivity index (χ1) is 11.9. The van der Waals surface area contributed by atoms with Crippen LogP contribution >= 0.6 is 23.2 Å². The molecule has 1 aliphatic heterocycles. The second-order valence-corrected chi connectivity index (χ2v) is 7.61. The Labute approximate surface area is 159 Å². The van der Waals surface area contributed by atoms with Crippen LogP contribution in [0.25, 0.3) is 0 Å². The van der Waals surface area contributed by atoms with E-state index < -0.39 is 0 Å². The van der Waals surface area contributed by atoms with E-state index in [1.54, 1.807) is 6.26 Å². The Kier molecular flexibility index (Phi) is 5.64. The van der Waals surface area contributed by atoms with E-state index >= 15 is 0 Å². The highest BCUT2D eigenvalue weighted by atomic mass is 35.5. The maximum Gasteiger partial charge on any atom is 0.189 e. The standard InChI is InChI=1S/C19H23Cl2NO3/c1-11(2)25-18-6-13(20)5-12-9-23-10-24-17-8-16(22(3)4)15(21)7-14(17)19(12)18/h5,7-9,11,17-18H,6,10H2,1-4H3. The van der Waals surface area contributed by atoms with Gasteiger partial charge in [0, 0.05) is 31.1 Å². The number of likely N-dealkylation sites (N-methyl/N-ethyl adjacent to an activating group) is 1. The molecular weight excluding hydrogens is 361 g/mol. The Bertz CT molecular complexity index is 701. The molecule has 4 nitrogen and oxygen atoms in total. The van der Waals surface area contributed by atoms with Crippen molar-refractivity contribution in [2.45, 2.75) is 38.6 Å². The van der Waals surface area contributed by atoms with Gasteiger partial charge in [0.05, 0.1) is 29.2 Å². The third kappa shape index (κ3) is 3.98. The molecule has 0 amide bonds. The van der Waals surface area contributed by atoms with E-state index in [4.69, 9.17) is 37.4 Å². The van der Waals surface area contributed by atoms with Gasteiger partial charge in [-0.1, -0.05) is 23.2 Å². The summed E-state index contributed by atoms with van der Waals surface area (Å²) in [6, 6.07) is 0. The minimum absolute atomic E-state index is 0.0727. The molecule has 6 heteroatoms. The third-order valence-electron chi connectivity index (χ3n) is 4.22. The van der Waals surface area contributed by atoms with Gasteiger partial charge < -0.3 is 19.1 Å². The number of nitrogens with zero attached hydrogens (tertiary/aromatic N) is 1. The average Bonchev–Trinajstić information content (AvgIpc) is 2.49. The van der Waals surface area contributed by atoms with Crippen molar-refractivity contribution >= 4 is 23.2 Å². The van der Waals surface area contributed by atoms with E-state index in [1.165, 1.54) is 0 Å². The van der Waals surface area contributed by atoms with Crippen molar-refractivity contribution in [2.75, 3.05) is 20.9 Å². The summed E-state index contributed by atoms with van der Waals surface area (Å²) in [5, 5.41) is 1.43. The number of hydrogen-bond donors (Lipinski definition) is 0. The maximum atomic E-state index is 6.53. The van der Waals surface area contributed by atoms with Crippen LogP contribution in [0.4, 0.5) is 0 Å². The molecule has 0 fully saturated rings. The largest absolute Gasteiger partial charge is 0.474 e. The molecule has 3 aliphatic rings. The van der Waals surface area contributed by atoms with Gasteiger partial charge in [0.2, 0.25) is 0 Å². The third-order valence-corrected chi connectivity index (χ3v) is 4.79. The van der Waals surface area contributed by atoms with Gasteiger partial charge in [-0.15, -0.1) is 0 Å². The van der Waals surface area contributed by atoms with Gasteiger partial charge in [-0.05, 0) is 43.2 Å². The minimum Gasteiger partial charge on any atom is -0.474 e. The van der Waals surface area contributed by atoms with Crippen molar-refractivity contribution in [3.63, 3.8) is 0 Å². The van der Waals surface area contributed by atoms with E-state index in [0.29, 0.717) is 11.5 Å². The SMILES string of the molecule is CC(C)OC1CC(Cl)=CC2=COCOC3C=C(N(C)C)C(Cl)=CC3=C21. The van der Waals surface area contributed by atoms with Crippen LogP contribution in [0.1, 0.15) is 20.3 Å². The van der Waals surface area contributed by atoms with Crippen molar-refractivity contribution in [3.8, 4) is 0 Å². The van der Waals surface area contributed by atoms with E-state index in [0.717, 1.165) is 27.4 Å². The smallest absolute Gasteiger partial charge is 0.189 e.